The molecule has 2 saturated carbocycles. The van der Waals surface area contributed by atoms with E-state index in [2.05, 4.69) is 17.4 Å². The van der Waals surface area contributed by atoms with Crippen molar-refractivity contribution in [2.24, 2.45) is 11.8 Å². The molecular formula is C16H23NO. The first-order chi connectivity index (χ1) is 8.85. The van der Waals surface area contributed by atoms with Crippen molar-refractivity contribution in [3.8, 4) is 5.75 Å². The summed E-state index contributed by atoms with van der Waals surface area (Å²) in [6, 6.07) is 9.24. The molecule has 2 aliphatic rings. The second-order valence-corrected chi connectivity index (χ2v) is 5.83. The second kappa shape index (κ2) is 5.31. The largest absolute Gasteiger partial charge is 0.497 e. The minimum absolute atomic E-state index is 0.807. The number of methoxy groups -OCH3 is 1. The van der Waals surface area contributed by atoms with Gasteiger partial charge in [-0.3, -0.25) is 0 Å². The van der Waals surface area contributed by atoms with Crippen LogP contribution in [0.1, 0.15) is 31.2 Å². The third kappa shape index (κ3) is 2.54. The Kier molecular flexibility index (Phi) is 3.55. The van der Waals surface area contributed by atoms with Crippen LogP contribution in [0, 0.1) is 11.8 Å². The minimum atomic E-state index is 0.807. The molecule has 2 bridgehead atoms. The SMILES string of the molecule is COc1ccc(CCN[C@@H]2C[C@@H]3CC[C@@H]2C3)cc1. The molecule has 0 radical (unpaired) electrons. The summed E-state index contributed by atoms with van der Waals surface area (Å²) in [6.45, 7) is 1.11. The summed E-state index contributed by atoms with van der Waals surface area (Å²) in [5.41, 5.74) is 1.39. The van der Waals surface area contributed by atoms with Crippen LogP contribution in [0.4, 0.5) is 0 Å². The lowest BCUT2D eigenvalue weighted by atomic mass is 9.95. The second-order valence-electron chi connectivity index (χ2n) is 5.83. The van der Waals surface area contributed by atoms with Gasteiger partial charge in [0.15, 0.2) is 0 Å². The van der Waals surface area contributed by atoms with Crippen LogP contribution in [0.3, 0.4) is 0 Å². The molecule has 0 unspecified atom stereocenters. The van der Waals surface area contributed by atoms with Gasteiger partial charge in [0.25, 0.3) is 0 Å². The molecule has 0 saturated heterocycles. The molecule has 1 N–H and O–H groups in total. The van der Waals surface area contributed by atoms with Crippen molar-refractivity contribution in [2.45, 2.75) is 38.1 Å². The van der Waals surface area contributed by atoms with Gasteiger partial charge >= 0.3 is 0 Å². The monoisotopic (exact) mass is 245 g/mol. The Morgan fingerprint density at radius 2 is 2.00 bits per heavy atom. The maximum atomic E-state index is 5.17. The Labute approximate surface area is 110 Å². The van der Waals surface area contributed by atoms with Gasteiger partial charge in [-0.2, -0.15) is 0 Å². The van der Waals surface area contributed by atoms with Gasteiger partial charge in [0, 0.05) is 6.04 Å². The summed E-state index contributed by atoms with van der Waals surface area (Å²) in [5, 5.41) is 3.76. The van der Waals surface area contributed by atoms with Crippen LogP contribution < -0.4 is 10.1 Å². The normalized spacial score (nSPS) is 29.7. The summed E-state index contributed by atoms with van der Waals surface area (Å²) >= 11 is 0. The summed E-state index contributed by atoms with van der Waals surface area (Å²) in [6.07, 6.45) is 6.98. The molecule has 0 aromatic heterocycles. The Morgan fingerprint density at radius 3 is 2.61 bits per heavy atom. The zero-order chi connectivity index (χ0) is 12.4. The molecule has 2 aliphatic carbocycles. The van der Waals surface area contributed by atoms with Crippen molar-refractivity contribution in [1.29, 1.82) is 0 Å². The fourth-order valence-corrected chi connectivity index (χ4v) is 3.69. The van der Waals surface area contributed by atoms with Crippen molar-refractivity contribution in [1.82, 2.24) is 5.32 Å². The summed E-state index contributed by atoms with van der Waals surface area (Å²) in [4.78, 5) is 0. The van der Waals surface area contributed by atoms with Gasteiger partial charge in [-0.15, -0.1) is 0 Å². The van der Waals surface area contributed by atoms with E-state index in [1.54, 1.807) is 7.11 Å². The smallest absolute Gasteiger partial charge is 0.118 e. The highest BCUT2D eigenvalue weighted by Crippen LogP contribution is 2.44. The molecule has 0 spiro atoms. The molecule has 2 fully saturated rings. The molecule has 18 heavy (non-hydrogen) atoms. The Hall–Kier alpha value is -1.02. The lowest BCUT2D eigenvalue weighted by molar-refractivity contribution is 0.354. The van der Waals surface area contributed by atoms with E-state index in [0.717, 1.165) is 36.6 Å². The van der Waals surface area contributed by atoms with Crippen LogP contribution >= 0.6 is 0 Å². The van der Waals surface area contributed by atoms with Gasteiger partial charge < -0.3 is 10.1 Å². The highest BCUT2D eigenvalue weighted by Gasteiger charge is 2.38. The molecule has 3 rings (SSSR count). The van der Waals surface area contributed by atoms with Crippen molar-refractivity contribution < 1.29 is 4.74 Å². The van der Waals surface area contributed by atoms with Crippen LogP contribution in [-0.2, 0) is 6.42 Å². The Morgan fingerprint density at radius 1 is 1.17 bits per heavy atom. The van der Waals surface area contributed by atoms with E-state index in [-0.39, 0.29) is 0 Å². The molecule has 3 atom stereocenters. The van der Waals surface area contributed by atoms with Crippen LogP contribution in [0.5, 0.6) is 5.75 Å². The fourth-order valence-electron chi connectivity index (χ4n) is 3.69. The quantitative estimate of drug-likeness (QED) is 0.861. The summed E-state index contributed by atoms with van der Waals surface area (Å²) in [5.74, 6) is 2.96. The van der Waals surface area contributed by atoms with Gasteiger partial charge in [0.2, 0.25) is 0 Å². The molecule has 0 aliphatic heterocycles. The van der Waals surface area contributed by atoms with E-state index < -0.39 is 0 Å². The van der Waals surface area contributed by atoms with Crippen LogP contribution in [0.15, 0.2) is 24.3 Å². The van der Waals surface area contributed by atoms with Crippen LogP contribution in [0.2, 0.25) is 0 Å². The van der Waals surface area contributed by atoms with Crippen molar-refractivity contribution in [3.05, 3.63) is 29.8 Å². The highest BCUT2D eigenvalue weighted by atomic mass is 16.5. The first-order valence-electron chi connectivity index (χ1n) is 7.21. The first-order valence-corrected chi connectivity index (χ1v) is 7.21. The molecule has 0 heterocycles. The maximum absolute atomic E-state index is 5.17. The molecule has 1 aromatic rings. The Bertz CT molecular complexity index is 387. The van der Waals surface area contributed by atoms with E-state index in [1.165, 1.54) is 31.2 Å². The van der Waals surface area contributed by atoms with Crippen molar-refractivity contribution in [3.63, 3.8) is 0 Å². The molecule has 0 amide bonds. The predicted octanol–water partition coefficient (Wildman–Crippen LogP) is 3.02. The van der Waals surface area contributed by atoms with Crippen molar-refractivity contribution in [2.75, 3.05) is 13.7 Å². The van der Waals surface area contributed by atoms with Gasteiger partial charge in [-0.1, -0.05) is 18.6 Å². The molecule has 98 valence electrons. The topological polar surface area (TPSA) is 21.3 Å². The highest BCUT2D eigenvalue weighted by molar-refractivity contribution is 5.27. The predicted molar refractivity (Wildman–Crippen MR) is 73.9 cm³/mol. The van der Waals surface area contributed by atoms with Gasteiger partial charge in [-0.25, -0.2) is 0 Å². The van der Waals surface area contributed by atoms with E-state index in [0.29, 0.717) is 0 Å². The number of hydrogen-bond donors (Lipinski definition) is 1. The summed E-state index contributed by atoms with van der Waals surface area (Å²) in [7, 11) is 1.71. The van der Waals surface area contributed by atoms with Gasteiger partial charge in [0.1, 0.15) is 5.75 Å². The lowest BCUT2D eigenvalue weighted by Gasteiger charge is -2.22. The minimum Gasteiger partial charge on any atom is -0.497 e. The zero-order valence-electron chi connectivity index (χ0n) is 11.2. The van der Waals surface area contributed by atoms with Crippen LogP contribution in [0.25, 0.3) is 0 Å². The lowest BCUT2D eigenvalue weighted by Crippen LogP contribution is -2.35. The number of rotatable bonds is 5. The van der Waals surface area contributed by atoms with Crippen LogP contribution in [-0.4, -0.2) is 19.7 Å². The standard InChI is InChI=1S/C16H23NO/c1-18-15-6-3-12(4-7-15)8-9-17-16-11-13-2-5-14(16)10-13/h3-4,6-7,13-14,16-17H,2,5,8-11H2,1H3/t13-,14-,16-/m1/s1. The maximum Gasteiger partial charge on any atom is 0.118 e. The first kappa shape index (κ1) is 12.0. The third-order valence-electron chi connectivity index (χ3n) is 4.72. The molecule has 1 aromatic carbocycles. The summed E-state index contributed by atoms with van der Waals surface area (Å²) < 4.78 is 5.17. The zero-order valence-corrected chi connectivity index (χ0v) is 11.2. The number of ether oxygens (including phenoxy) is 1. The number of hydrogen-bond acceptors (Lipinski definition) is 2. The number of fused-ring (bicyclic) bond motifs is 2. The number of benzene rings is 1. The van der Waals surface area contributed by atoms with Gasteiger partial charge in [0.05, 0.1) is 7.11 Å². The fraction of sp³-hybridized carbons (Fsp3) is 0.625. The average Bonchev–Trinajstić information content (AvgIpc) is 3.02. The molecule has 2 heteroatoms. The number of nitrogens with one attached hydrogen (secondary N) is 1. The van der Waals surface area contributed by atoms with E-state index >= 15 is 0 Å². The third-order valence-corrected chi connectivity index (χ3v) is 4.72. The molecular weight excluding hydrogens is 222 g/mol. The Balaban J connectivity index is 1.44. The molecule has 2 nitrogen and oxygen atoms in total. The van der Waals surface area contributed by atoms with E-state index in [4.69, 9.17) is 4.74 Å². The van der Waals surface area contributed by atoms with Gasteiger partial charge in [-0.05, 0) is 61.8 Å². The average molecular weight is 245 g/mol. The van der Waals surface area contributed by atoms with E-state index in [9.17, 15) is 0 Å². The van der Waals surface area contributed by atoms with Crippen molar-refractivity contribution >= 4 is 0 Å². The van der Waals surface area contributed by atoms with E-state index in [1.807, 2.05) is 12.1 Å².